The Kier molecular flexibility index (Phi) is 3.73. The predicted molar refractivity (Wildman–Crippen MR) is 115 cm³/mol. The molecule has 0 saturated carbocycles. The molecule has 28 heavy (non-hydrogen) atoms. The summed E-state index contributed by atoms with van der Waals surface area (Å²) < 4.78 is 6.41. The SMILES string of the molecule is CC(C)(C)Cc1ccnc(-c2cccc3c2oc2c4cnccc4ccc32)c1. The molecule has 3 heterocycles. The molecule has 0 spiro atoms. The van der Waals surface area contributed by atoms with E-state index in [-0.39, 0.29) is 5.41 Å². The highest BCUT2D eigenvalue weighted by Crippen LogP contribution is 2.38. The third-order valence-corrected chi connectivity index (χ3v) is 5.12. The van der Waals surface area contributed by atoms with Gasteiger partial charge in [-0.3, -0.25) is 9.97 Å². The molecule has 0 N–H and O–H groups in total. The van der Waals surface area contributed by atoms with Gasteiger partial charge in [-0.2, -0.15) is 0 Å². The Bertz CT molecular complexity index is 1330. The van der Waals surface area contributed by atoms with Crippen LogP contribution in [0, 0.1) is 5.41 Å². The van der Waals surface area contributed by atoms with E-state index in [1.54, 1.807) is 0 Å². The molecule has 3 heteroatoms. The summed E-state index contributed by atoms with van der Waals surface area (Å²) in [5.74, 6) is 0. The van der Waals surface area contributed by atoms with Crippen LogP contribution >= 0.6 is 0 Å². The summed E-state index contributed by atoms with van der Waals surface area (Å²) in [7, 11) is 0. The van der Waals surface area contributed by atoms with Crippen LogP contribution in [0.2, 0.25) is 0 Å². The fourth-order valence-corrected chi connectivity index (χ4v) is 3.96. The van der Waals surface area contributed by atoms with Crippen LogP contribution in [0.1, 0.15) is 26.3 Å². The Morgan fingerprint density at radius 2 is 1.71 bits per heavy atom. The molecule has 0 unspecified atom stereocenters. The molecule has 0 radical (unpaired) electrons. The summed E-state index contributed by atoms with van der Waals surface area (Å²) in [6, 6.07) is 16.9. The Morgan fingerprint density at radius 1 is 0.857 bits per heavy atom. The summed E-state index contributed by atoms with van der Waals surface area (Å²) in [6.45, 7) is 6.77. The topological polar surface area (TPSA) is 38.9 Å². The molecule has 3 aromatic heterocycles. The molecule has 2 aromatic carbocycles. The van der Waals surface area contributed by atoms with Crippen LogP contribution in [0.25, 0.3) is 44.0 Å². The predicted octanol–water partition coefficient (Wildman–Crippen LogP) is 6.78. The van der Waals surface area contributed by atoms with Gasteiger partial charge in [0.2, 0.25) is 0 Å². The zero-order chi connectivity index (χ0) is 19.3. The quantitative estimate of drug-likeness (QED) is 0.345. The smallest absolute Gasteiger partial charge is 0.144 e. The van der Waals surface area contributed by atoms with Crippen LogP contribution in [0.5, 0.6) is 0 Å². The van der Waals surface area contributed by atoms with E-state index in [9.17, 15) is 0 Å². The van der Waals surface area contributed by atoms with Crippen molar-refractivity contribution in [1.82, 2.24) is 9.97 Å². The third-order valence-electron chi connectivity index (χ3n) is 5.12. The van der Waals surface area contributed by atoms with Gasteiger partial charge in [-0.1, -0.05) is 39.0 Å². The van der Waals surface area contributed by atoms with Crippen molar-refractivity contribution in [3.8, 4) is 11.3 Å². The number of hydrogen-bond acceptors (Lipinski definition) is 3. The van der Waals surface area contributed by atoms with Crippen molar-refractivity contribution in [2.45, 2.75) is 27.2 Å². The molecule has 0 atom stereocenters. The first-order chi connectivity index (χ1) is 13.5. The summed E-state index contributed by atoms with van der Waals surface area (Å²) in [5, 5.41) is 4.40. The Hall–Kier alpha value is -3.20. The first-order valence-electron chi connectivity index (χ1n) is 9.63. The van der Waals surface area contributed by atoms with Gasteiger partial charge in [-0.15, -0.1) is 0 Å². The Balaban J connectivity index is 1.75. The van der Waals surface area contributed by atoms with Crippen LogP contribution in [-0.4, -0.2) is 9.97 Å². The normalized spacial score (nSPS) is 12.2. The van der Waals surface area contributed by atoms with Crippen LogP contribution in [0.4, 0.5) is 0 Å². The minimum absolute atomic E-state index is 0.232. The van der Waals surface area contributed by atoms with Crippen molar-refractivity contribution in [1.29, 1.82) is 0 Å². The summed E-state index contributed by atoms with van der Waals surface area (Å²) in [4.78, 5) is 8.94. The van der Waals surface area contributed by atoms with Crippen molar-refractivity contribution in [2.75, 3.05) is 0 Å². The highest BCUT2D eigenvalue weighted by molar-refractivity contribution is 6.16. The van der Waals surface area contributed by atoms with Crippen molar-refractivity contribution in [3.63, 3.8) is 0 Å². The highest BCUT2D eigenvalue weighted by atomic mass is 16.3. The lowest BCUT2D eigenvalue weighted by molar-refractivity contribution is 0.411. The van der Waals surface area contributed by atoms with Crippen molar-refractivity contribution >= 4 is 32.7 Å². The van der Waals surface area contributed by atoms with E-state index in [0.29, 0.717) is 0 Å². The van der Waals surface area contributed by atoms with Gasteiger partial charge >= 0.3 is 0 Å². The maximum Gasteiger partial charge on any atom is 0.144 e. The maximum atomic E-state index is 6.41. The molecule has 0 aliphatic heterocycles. The average molecular weight is 366 g/mol. The summed E-state index contributed by atoms with van der Waals surface area (Å²) in [6.07, 6.45) is 6.60. The Labute approximate surface area is 164 Å². The first-order valence-corrected chi connectivity index (χ1v) is 9.63. The van der Waals surface area contributed by atoms with Crippen molar-refractivity contribution in [2.24, 2.45) is 5.41 Å². The van der Waals surface area contributed by atoms with Crippen molar-refractivity contribution in [3.05, 3.63) is 72.7 Å². The summed E-state index contributed by atoms with van der Waals surface area (Å²) in [5.41, 5.74) is 5.28. The minimum atomic E-state index is 0.232. The number of para-hydroxylation sites is 1. The number of pyridine rings is 2. The van der Waals surface area contributed by atoms with Gasteiger partial charge in [0.25, 0.3) is 0 Å². The van der Waals surface area contributed by atoms with Crippen LogP contribution in [0.3, 0.4) is 0 Å². The maximum absolute atomic E-state index is 6.41. The monoisotopic (exact) mass is 366 g/mol. The summed E-state index contributed by atoms with van der Waals surface area (Å²) >= 11 is 0. The second-order valence-corrected chi connectivity index (χ2v) is 8.61. The highest BCUT2D eigenvalue weighted by Gasteiger charge is 2.16. The zero-order valence-corrected chi connectivity index (χ0v) is 16.4. The standard InChI is InChI=1S/C25H22N2O/c1-25(2,3)14-16-9-12-27-22(13-16)20-6-4-5-18-19-8-7-17-10-11-26-15-21(17)24(19)28-23(18)20/h4-13,15H,14H2,1-3H3. The van der Waals surface area contributed by atoms with E-state index in [1.807, 2.05) is 24.7 Å². The first kappa shape index (κ1) is 16.9. The molecular weight excluding hydrogens is 344 g/mol. The molecule has 0 amide bonds. The zero-order valence-electron chi connectivity index (χ0n) is 16.4. The van der Waals surface area contributed by atoms with Gasteiger partial charge in [0.05, 0.1) is 5.69 Å². The molecule has 5 rings (SSSR count). The van der Waals surface area contributed by atoms with Gasteiger partial charge < -0.3 is 4.42 Å². The number of hydrogen-bond donors (Lipinski definition) is 0. The minimum Gasteiger partial charge on any atom is -0.455 e. The number of aromatic nitrogens is 2. The second kappa shape index (κ2) is 6.16. The fraction of sp³-hybridized carbons (Fsp3) is 0.200. The van der Waals surface area contributed by atoms with Crippen molar-refractivity contribution < 1.29 is 4.42 Å². The largest absolute Gasteiger partial charge is 0.455 e. The molecule has 3 nitrogen and oxygen atoms in total. The number of nitrogens with zero attached hydrogens (tertiary/aromatic N) is 2. The molecule has 0 aliphatic rings. The number of rotatable bonds is 2. The van der Waals surface area contributed by atoms with E-state index in [1.165, 1.54) is 5.56 Å². The van der Waals surface area contributed by atoms with Gasteiger partial charge in [-0.05, 0) is 53.1 Å². The van der Waals surface area contributed by atoms with Crippen LogP contribution in [0.15, 0.2) is 71.5 Å². The van der Waals surface area contributed by atoms with E-state index in [2.05, 4.69) is 73.2 Å². The lowest BCUT2D eigenvalue weighted by atomic mass is 9.88. The number of fused-ring (bicyclic) bond motifs is 5. The van der Waals surface area contributed by atoms with Crippen LogP contribution in [-0.2, 0) is 6.42 Å². The molecule has 0 bridgehead atoms. The van der Waals surface area contributed by atoms with Gasteiger partial charge in [0.1, 0.15) is 11.2 Å². The van der Waals surface area contributed by atoms with Crippen LogP contribution < -0.4 is 0 Å². The number of benzene rings is 2. The Morgan fingerprint density at radius 3 is 2.57 bits per heavy atom. The number of furan rings is 1. The fourth-order valence-electron chi connectivity index (χ4n) is 3.96. The van der Waals surface area contributed by atoms with E-state index < -0.39 is 0 Å². The second-order valence-electron chi connectivity index (χ2n) is 8.61. The van der Waals surface area contributed by atoms with E-state index >= 15 is 0 Å². The van der Waals surface area contributed by atoms with E-state index in [4.69, 9.17) is 4.42 Å². The molecule has 138 valence electrons. The van der Waals surface area contributed by atoms with Gasteiger partial charge in [-0.25, -0.2) is 0 Å². The average Bonchev–Trinajstić information content (AvgIpc) is 3.06. The molecule has 0 aliphatic carbocycles. The van der Waals surface area contributed by atoms with Gasteiger partial charge in [0, 0.05) is 40.3 Å². The third kappa shape index (κ3) is 2.84. The lowest BCUT2D eigenvalue weighted by Crippen LogP contribution is -2.09. The lowest BCUT2D eigenvalue weighted by Gasteiger charge is -2.18. The molecule has 0 fully saturated rings. The molecule has 5 aromatic rings. The molecule has 0 saturated heterocycles. The molecular formula is C25H22N2O. The van der Waals surface area contributed by atoms with Gasteiger partial charge in [0.15, 0.2) is 0 Å². The van der Waals surface area contributed by atoms with E-state index in [0.717, 1.165) is 50.4 Å².